The van der Waals surface area contributed by atoms with Crippen LogP contribution in [0.2, 0.25) is 0 Å². The number of nitrogens with one attached hydrogen (secondary N) is 2. The lowest BCUT2D eigenvalue weighted by atomic mass is 10.0. The SMILES string of the molecule is CC(C)NCC1CCCCN1S(=O)(=O)NCCC1CC1. The van der Waals surface area contributed by atoms with Crippen molar-refractivity contribution in [2.45, 2.75) is 64.5 Å². The number of rotatable bonds is 8. The van der Waals surface area contributed by atoms with E-state index in [1.807, 2.05) is 0 Å². The topological polar surface area (TPSA) is 61.4 Å². The van der Waals surface area contributed by atoms with Crippen LogP contribution in [0.1, 0.15) is 52.4 Å². The van der Waals surface area contributed by atoms with Crippen LogP contribution in [0.15, 0.2) is 0 Å². The number of hydrogen-bond acceptors (Lipinski definition) is 3. The van der Waals surface area contributed by atoms with Gasteiger partial charge in [0.05, 0.1) is 0 Å². The van der Waals surface area contributed by atoms with Crippen LogP contribution < -0.4 is 10.0 Å². The Morgan fingerprint density at radius 3 is 2.60 bits per heavy atom. The van der Waals surface area contributed by atoms with Crippen LogP contribution in [0, 0.1) is 5.92 Å². The summed E-state index contributed by atoms with van der Waals surface area (Å²) < 4.78 is 29.3. The van der Waals surface area contributed by atoms with Gasteiger partial charge in [0.2, 0.25) is 0 Å². The highest BCUT2D eigenvalue weighted by molar-refractivity contribution is 7.87. The van der Waals surface area contributed by atoms with Crippen LogP contribution in [0.25, 0.3) is 0 Å². The second-order valence-electron chi connectivity index (χ2n) is 6.45. The van der Waals surface area contributed by atoms with Crippen LogP contribution in [-0.4, -0.2) is 44.4 Å². The van der Waals surface area contributed by atoms with Gasteiger partial charge >= 0.3 is 0 Å². The Labute approximate surface area is 123 Å². The van der Waals surface area contributed by atoms with Crippen molar-refractivity contribution in [3.63, 3.8) is 0 Å². The Hall–Kier alpha value is -0.170. The minimum Gasteiger partial charge on any atom is -0.313 e. The lowest BCUT2D eigenvalue weighted by Gasteiger charge is -2.35. The summed E-state index contributed by atoms with van der Waals surface area (Å²) in [7, 11) is -3.30. The number of hydrogen-bond donors (Lipinski definition) is 2. The van der Waals surface area contributed by atoms with E-state index in [0.717, 1.165) is 38.1 Å². The van der Waals surface area contributed by atoms with Gasteiger partial charge in [-0.1, -0.05) is 33.1 Å². The van der Waals surface area contributed by atoms with E-state index in [4.69, 9.17) is 0 Å². The molecule has 2 rings (SSSR count). The molecule has 0 aromatic carbocycles. The highest BCUT2D eigenvalue weighted by Crippen LogP contribution is 2.31. The fourth-order valence-electron chi connectivity index (χ4n) is 2.75. The van der Waals surface area contributed by atoms with Crippen LogP contribution in [0.5, 0.6) is 0 Å². The summed E-state index contributed by atoms with van der Waals surface area (Å²) in [6.07, 6.45) is 6.59. The Morgan fingerprint density at radius 2 is 1.95 bits per heavy atom. The molecule has 1 unspecified atom stereocenters. The third-order valence-electron chi connectivity index (χ3n) is 4.18. The molecule has 2 N–H and O–H groups in total. The predicted molar refractivity (Wildman–Crippen MR) is 81.7 cm³/mol. The summed E-state index contributed by atoms with van der Waals surface area (Å²) in [5.74, 6) is 0.762. The normalized spacial score (nSPS) is 25.2. The summed E-state index contributed by atoms with van der Waals surface area (Å²) in [5.41, 5.74) is 0. The van der Waals surface area contributed by atoms with Crippen LogP contribution in [0.4, 0.5) is 0 Å². The average molecular weight is 303 g/mol. The summed E-state index contributed by atoms with van der Waals surface area (Å²) in [4.78, 5) is 0. The van der Waals surface area contributed by atoms with E-state index in [9.17, 15) is 8.42 Å². The molecule has 1 aliphatic heterocycles. The first-order chi connectivity index (χ1) is 9.49. The monoisotopic (exact) mass is 303 g/mol. The molecule has 1 saturated carbocycles. The zero-order valence-corrected chi connectivity index (χ0v) is 13.6. The molecule has 0 aromatic heterocycles. The molecular weight excluding hydrogens is 274 g/mol. The lowest BCUT2D eigenvalue weighted by molar-refractivity contribution is 0.239. The van der Waals surface area contributed by atoms with Gasteiger partial charge in [-0.25, -0.2) is 4.72 Å². The molecule has 2 aliphatic rings. The Kier molecular flexibility index (Phi) is 5.84. The highest BCUT2D eigenvalue weighted by atomic mass is 32.2. The molecule has 0 aromatic rings. The van der Waals surface area contributed by atoms with Gasteiger partial charge in [-0.2, -0.15) is 12.7 Å². The van der Waals surface area contributed by atoms with Gasteiger partial charge in [-0.05, 0) is 25.2 Å². The van der Waals surface area contributed by atoms with Gasteiger partial charge in [0.15, 0.2) is 0 Å². The molecule has 5 nitrogen and oxygen atoms in total. The largest absolute Gasteiger partial charge is 0.313 e. The summed E-state index contributed by atoms with van der Waals surface area (Å²) in [6.45, 7) is 6.18. The first kappa shape index (κ1) is 16.2. The standard InChI is InChI=1S/C14H29N3O2S/c1-12(2)15-11-14-5-3-4-10-17(14)20(18,19)16-9-8-13-6-7-13/h12-16H,3-11H2,1-2H3. The van der Waals surface area contributed by atoms with Crippen molar-refractivity contribution in [2.75, 3.05) is 19.6 Å². The van der Waals surface area contributed by atoms with Crippen molar-refractivity contribution in [3.8, 4) is 0 Å². The van der Waals surface area contributed by atoms with Crippen molar-refractivity contribution in [1.82, 2.24) is 14.3 Å². The van der Waals surface area contributed by atoms with Crippen LogP contribution >= 0.6 is 0 Å². The zero-order valence-electron chi connectivity index (χ0n) is 12.8. The first-order valence-electron chi connectivity index (χ1n) is 7.99. The predicted octanol–water partition coefficient (Wildman–Crippen LogP) is 1.47. The third kappa shape index (κ3) is 4.98. The molecule has 0 radical (unpaired) electrons. The lowest BCUT2D eigenvalue weighted by Crippen LogP contribution is -2.53. The highest BCUT2D eigenvalue weighted by Gasteiger charge is 2.32. The minimum absolute atomic E-state index is 0.101. The van der Waals surface area contributed by atoms with Crippen molar-refractivity contribution in [3.05, 3.63) is 0 Å². The fraction of sp³-hybridized carbons (Fsp3) is 1.00. The van der Waals surface area contributed by atoms with Gasteiger partial charge in [-0.15, -0.1) is 0 Å². The Balaban J connectivity index is 1.86. The molecule has 1 aliphatic carbocycles. The molecule has 0 amide bonds. The third-order valence-corrected chi connectivity index (χ3v) is 5.84. The number of piperidine rings is 1. The van der Waals surface area contributed by atoms with E-state index in [1.165, 1.54) is 12.8 Å². The molecule has 118 valence electrons. The summed E-state index contributed by atoms with van der Waals surface area (Å²) in [6, 6.07) is 0.494. The quantitative estimate of drug-likeness (QED) is 0.714. The molecule has 2 fully saturated rings. The van der Waals surface area contributed by atoms with E-state index < -0.39 is 10.2 Å². The number of nitrogens with zero attached hydrogens (tertiary/aromatic N) is 1. The van der Waals surface area contributed by atoms with Crippen molar-refractivity contribution >= 4 is 10.2 Å². The van der Waals surface area contributed by atoms with Crippen LogP contribution in [0.3, 0.4) is 0 Å². The molecule has 0 spiro atoms. The average Bonchev–Trinajstić information content (AvgIpc) is 3.20. The maximum Gasteiger partial charge on any atom is 0.279 e. The minimum atomic E-state index is -3.30. The molecule has 1 heterocycles. The van der Waals surface area contributed by atoms with Gasteiger partial charge < -0.3 is 5.32 Å². The van der Waals surface area contributed by atoms with E-state index >= 15 is 0 Å². The summed E-state index contributed by atoms with van der Waals surface area (Å²) in [5, 5.41) is 3.37. The van der Waals surface area contributed by atoms with Gasteiger partial charge in [0.25, 0.3) is 10.2 Å². The van der Waals surface area contributed by atoms with Gasteiger partial charge in [-0.3, -0.25) is 0 Å². The van der Waals surface area contributed by atoms with E-state index in [-0.39, 0.29) is 6.04 Å². The molecule has 20 heavy (non-hydrogen) atoms. The van der Waals surface area contributed by atoms with E-state index in [1.54, 1.807) is 4.31 Å². The van der Waals surface area contributed by atoms with Crippen molar-refractivity contribution in [2.24, 2.45) is 5.92 Å². The fourth-order valence-corrected chi connectivity index (χ4v) is 4.23. The second-order valence-corrected chi connectivity index (χ2v) is 8.16. The summed E-state index contributed by atoms with van der Waals surface area (Å²) >= 11 is 0. The van der Waals surface area contributed by atoms with Crippen molar-refractivity contribution < 1.29 is 8.42 Å². The Morgan fingerprint density at radius 1 is 1.20 bits per heavy atom. The maximum absolute atomic E-state index is 12.4. The zero-order chi connectivity index (χ0) is 14.6. The molecule has 1 atom stereocenters. The van der Waals surface area contributed by atoms with Crippen LogP contribution in [-0.2, 0) is 10.2 Å². The molecule has 0 bridgehead atoms. The molecular formula is C14H29N3O2S. The van der Waals surface area contributed by atoms with Gasteiger partial charge in [0, 0.05) is 31.7 Å². The van der Waals surface area contributed by atoms with Gasteiger partial charge in [0.1, 0.15) is 0 Å². The first-order valence-corrected chi connectivity index (χ1v) is 9.43. The Bertz CT molecular complexity index is 393. The second kappa shape index (κ2) is 7.20. The smallest absolute Gasteiger partial charge is 0.279 e. The maximum atomic E-state index is 12.4. The van der Waals surface area contributed by atoms with E-state index in [0.29, 0.717) is 19.1 Å². The molecule has 1 saturated heterocycles. The van der Waals surface area contributed by atoms with Crippen molar-refractivity contribution in [1.29, 1.82) is 0 Å². The molecule has 6 heteroatoms. The van der Waals surface area contributed by atoms with E-state index in [2.05, 4.69) is 23.9 Å².